The molecule has 1 atom stereocenters. The molecule has 0 aliphatic rings. The molecule has 1 aromatic carbocycles. The maximum absolute atomic E-state index is 13.1. The largest absolute Gasteiger partial charge is 0.508 e. The average Bonchev–Trinajstić information content (AvgIpc) is 3.18. The number of terminal acetylenes is 1. The third kappa shape index (κ3) is 4.99. The van der Waals surface area contributed by atoms with Gasteiger partial charge in [0, 0.05) is 17.0 Å². The van der Waals surface area contributed by atoms with Gasteiger partial charge in [-0.2, -0.15) is 0 Å². The number of ether oxygens (including phenoxy) is 1. The van der Waals surface area contributed by atoms with Gasteiger partial charge in [-0.3, -0.25) is 19.3 Å². The summed E-state index contributed by atoms with van der Waals surface area (Å²) in [5.41, 5.74) is 1.01. The lowest BCUT2D eigenvalue weighted by Gasteiger charge is -2.30. The van der Waals surface area contributed by atoms with E-state index in [0.717, 1.165) is 0 Å². The fraction of sp³-hybridized carbons (Fsp3) is 0.286. The number of anilines is 1. The molecule has 2 rings (SSSR count). The second-order valence-corrected chi connectivity index (χ2v) is 6.96. The molecule has 0 saturated heterocycles. The summed E-state index contributed by atoms with van der Waals surface area (Å²) in [4.78, 5) is 39.2. The number of benzene rings is 1. The van der Waals surface area contributed by atoms with Gasteiger partial charge in [0.15, 0.2) is 5.78 Å². The normalized spacial score (nSPS) is 11.3. The van der Waals surface area contributed by atoms with Crippen molar-refractivity contribution in [3.63, 3.8) is 0 Å². The zero-order chi connectivity index (χ0) is 20.7. The zero-order valence-corrected chi connectivity index (χ0v) is 16.5. The van der Waals surface area contributed by atoms with Crippen molar-refractivity contribution in [2.24, 2.45) is 0 Å². The number of thiophene rings is 1. The van der Waals surface area contributed by atoms with Crippen LogP contribution in [0.15, 0.2) is 35.7 Å². The van der Waals surface area contributed by atoms with Gasteiger partial charge in [0.2, 0.25) is 0 Å². The standard InChI is InChI=1S/C21H21NO5S/c1-4-19(25)22(16-9-8-15(23)13-14(16)3)21(18-7-6-12-28-18)17(24)10-11-20(26)27-5-2/h1,6-9,12-13,21,23H,5,10-11H2,2-3H3. The van der Waals surface area contributed by atoms with Crippen molar-refractivity contribution in [3.05, 3.63) is 46.2 Å². The Kier molecular flexibility index (Phi) is 7.36. The van der Waals surface area contributed by atoms with Crippen LogP contribution in [0.2, 0.25) is 0 Å². The molecular weight excluding hydrogens is 378 g/mol. The molecule has 0 aliphatic carbocycles. The number of ketones is 1. The first-order chi connectivity index (χ1) is 13.4. The molecule has 7 heteroatoms. The number of aromatic hydroxyl groups is 1. The first-order valence-corrected chi connectivity index (χ1v) is 9.58. The van der Waals surface area contributed by atoms with Gasteiger partial charge in [0.1, 0.15) is 11.8 Å². The van der Waals surface area contributed by atoms with Crippen LogP contribution < -0.4 is 4.90 Å². The van der Waals surface area contributed by atoms with Crippen molar-refractivity contribution >= 4 is 34.7 Å². The second-order valence-electron chi connectivity index (χ2n) is 5.98. The molecule has 28 heavy (non-hydrogen) atoms. The van der Waals surface area contributed by atoms with Crippen LogP contribution >= 0.6 is 11.3 Å². The first kappa shape index (κ1) is 21.2. The van der Waals surface area contributed by atoms with Crippen LogP contribution in [0.5, 0.6) is 5.75 Å². The lowest BCUT2D eigenvalue weighted by atomic mass is 10.0. The van der Waals surface area contributed by atoms with Gasteiger partial charge < -0.3 is 9.84 Å². The van der Waals surface area contributed by atoms with Gasteiger partial charge in [-0.25, -0.2) is 0 Å². The SMILES string of the molecule is C#CC(=O)N(c1ccc(O)cc1C)C(C(=O)CCC(=O)OCC)c1cccs1. The van der Waals surface area contributed by atoms with Crippen molar-refractivity contribution in [1.82, 2.24) is 0 Å². The lowest BCUT2D eigenvalue weighted by Crippen LogP contribution is -2.38. The maximum Gasteiger partial charge on any atom is 0.306 e. The van der Waals surface area contributed by atoms with E-state index in [0.29, 0.717) is 16.1 Å². The Balaban J connectivity index is 2.46. The second kappa shape index (κ2) is 9.72. The molecule has 1 aromatic heterocycles. The van der Waals surface area contributed by atoms with Gasteiger partial charge in [-0.1, -0.05) is 6.07 Å². The van der Waals surface area contributed by atoms with E-state index in [1.807, 2.05) is 0 Å². The van der Waals surface area contributed by atoms with Crippen molar-refractivity contribution in [1.29, 1.82) is 0 Å². The number of Topliss-reactive ketones (excluding diaryl/α,β-unsaturated/α-hetero) is 1. The molecule has 0 saturated carbocycles. The van der Waals surface area contributed by atoms with Crippen molar-refractivity contribution in [2.45, 2.75) is 32.7 Å². The van der Waals surface area contributed by atoms with E-state index in [1.54, 1.807) is 37.4 Å². The van der Waals surface area contributed by atoms with Crippen molar-refractivity contribution in [2.75, 3.05) is 11.5 Å². The highest BCUT2D eigenvalue weighted by atomic mass is 32.1. The number of carbonyl (C=O) groups is 3. The number of aryl methyl sites for hydroxylation is 1. The van der Waals surface area contributed by atoms with Gasteiger partial charge in [-0.05, 0) is 55.0 Å². The van der Waals surface area contributed by atoms with Crippen LogP contribution in [0.25, 0.3) is 0 Å². The minimum absolute atomic E-state index is 0.0377. The summed E-state index contributed by atoms with van der Waals surface area (Å²) in [5, 5.41) is 11.5. The van der Waals surface area contributed by atoms with Crippen LogP contribution in [0.4, 0.5) is 5.69 Å². The minimum Gasteiger partial charge on any atom is -0.508 e. The Bertz CT molecular complexity index is 898. The topological polar surface area (TPSA) is 83.9 Å². The summed E-state index contributed by atoms with van der Waals surface area (Å²) in [6.07, 6.45) is 5.20. The summed E-state index contributed by atoms with van der Waals surface area (Å²) in [7, 11) is 0. The molecule has 0 spiro atoms. The van der Waals surface area contributed by atoms with Gasteiger partial charge in [0.05, 0.1) is 13.0 Å². The minimum atomic E-state index is -0.971. The molecule has 1 amide bonds. The predicted octanol–water partition coefficient (Wildman–Crippen LogP) is 3.38. The molecule has 146 valence electrons. The molecular formula is C21H21NO5S. The van der Waals surface area contributed by atoms with Gasteiger partial charge in [-0.15, -0.1) is 17.8 Å². The van der Waals surface area contributed by atoms with Gasteiger partial charge in [0.25, 0.3) is 0 Å². The Hall–Kier alpha value is -3.11. The summed E-state index contributed by atoms with van der Waals surface area (Å²) >= 11 is 1.31. The van der Waals surface area contributed by atoms with Crippen LogP contribution in [-0.4, -0.2) is 29.4 Å². The Morgan fingerprint density at radius 1 is 1.29 bits per heavy atom. The average molecular weight is 399 g/mol. The Morgan fingerprint density at radius 3 is 2.61 bits per heavy atom. The molecule has 0 aliphatic heterocycles. The highest BCUT2D eigenvalue weighted by Crippen LogP contribution is 2.35. The summed E-state index contributed by atoms with van der Waals surface area (Å²) in [5.74, 6) is 0.624. The van der Waals surface area contributed by atoms with E-state index in [9.17, 15) is 19.5 Å². The van der Waals surface area contributed by atoms with Crippen LogP contribution in [-0.2, 0) is 19.1 Å². The van der Waals surface area contributed by atoms with E-state index < -0.39 is 17.9 Å². The van der Waals surface area contributed by atoms with Crippen molar-refractivity contribution in [3.8, 4) is 18.1 Å². The maximum atomic E-state index is 13.1. The third-order valence-corrected chi connectivity index (χ3v) is 4.96. The Morgan fingerprint density at radius 2 is 2.04 bits per heavy atom. The molecule has 1 N–H and O–H groups in total. The molecule has 1 heterocycles. The summed E-state index contributed by atoms with van der Waals surface area (Å²) < 4.78 is 4.88. The highest BCUT2D eigenvalue weighted by Gasteiger charge is 2.33. The fourth-order valence-electron chi connectivity index (χ4n) is 2.82. The number of hydrogen-bond donors (Lipinski definition) is 1. The monoisotopic (exact) mass is 399 g/mol. The number of phenols is 1. The molecule has 2 aromatic rings. The van der Waals surface area contributed by atoms with E-state index in [2.05, 4.69) is 5.92 Å². The van der Waals surface area contributed by atoms with Crippen LogP contribution in [0, 0.1) is 19.3 Å². The highest BCUT2D eigenvalue weighted by molar-refractivity contribution is 7.10. The molecule has 6 nitrogen and oxygen atoms in total. The van der Waals surface area contributed by atoms with Gasteiger partial charge >= 0.3 is 11.9 Å². The van der Waals surface area contributed by atoms with E-state index in [1.165, 1.54) is 28.4 Å². The van der Waals surface area contributed by atoms with E-state index in [-0.39, 0.29) is 31.0 Å². The quantitative estimate of drug-likeness (QED) is 0.543. The molecule has 0 radical (unpaired) electrons. The zero-order valence-electron chi connectivity index (χ0n) is 15.7. The van der Waals surface area contributed by atoms with E-state index in [4.69, 9.17) is 11.2 Å². The number of nitrogens with zero attached hydrogens (tertiary/aromatic N) is 1. The summed E-state index contributed by atoms with van der Waals surface area (Å²) in [6.45, 7) is 3.63. The molecule has 0 fully saturated rings. The number of carbonyl (C=O) groups excluding carboxylic acids is 3. The fourth-order valence-corrected chi connectivity index (χ4v) is 3.65. The lowest BCUT2D eigenvalue weighted by molar-refractivity contribution is -0.144. The number of amides is 1. The van der Waals surface area contributed by atoms with E-state index >= 15 is 0 Å². The molecule has 1 unspecified atom stereocenters. The first-order valence-electron chi connectivity index (χ1n) is 8.70. The van der Waals surface area contributed by atoms with Crippen LogP contribution in [0.3, 0.4) is 0 Å². The predicted molar refractivity (Wildman–Crippen MR) is 107 cm³/mol. The smallest absolute Gasteiger partial charge is 0.306 e. The Labute approximate surface area is 167 Å². The number of esters is 1. The number of rotatable bonds is 8. The van der Waals surface area contributed by atoms with Crippen LogP contribution in [0.1, 0.15) is 36.2 Å². The summed E-state index contributed by atoms with van der Waals surface area (Å²) in [6, 6.07) is 6.99. The van der Waals surface area contributed by atoms with Crippen molar-refractivity contribution < 1.29 is 24.2 Å². The molecule has 0 bridgehead atoms. The number of hydrogen-bond acceptors (Lipinski definition) is 6. The number of phenolic OH excluding ortho intramolecular Hbond substituents is 1. The third-order valence-electron chi connectivity index (χ3n) is 4.04.